The van der Waals surface area contributed by atoms with E-state index in [2.05, 4.69) is 6.92 Å². The van der Waals surface area contributed by atoms with Crippen LogP contribution in [0.1, 0.15) is 25.2 Å². The smallest absolute Gasteiger partial charge is 0.133 e. The minimum absolute atomic E-state index is 0.448. The van der Waals surface area contributed by atoms with Gasteiger partial charge >= 0.3 is 0 Å². The van der Waals surface area contributed by atoms with Gasteiger partial charge in [0.25, 0.3) is 0 Å². The molecule has 1 aromatic heterocycles. The summed E-state index contributed by atoms with van der Waals surface area (Å²) in [6, 6.07) is 3.60. The van der Waals surface area contributed by atoms with E-state index in [0.717, 1.165) is 17.9 Å². The highest BCUT2D eigenvalue weighted by Gasteiger charge is 2.08. The number of hydrogen-bond acceptors (Lipinski definition) is 3. The van der Waals surface area contributed by atoms with Crippen LogP contribution in [0.25, 0.3) is 0 Å². The normalized spacial score (nSPS) is 13.2. The zero-order chi connectivity index (χ0) is 8.81. The maximum absolute atomic E-state index is 9.52. The molecule has 1 heterocycles. The van der Waals surface area contributed by atoms with E-state index >= 15 is 0 Å². The molecule has 1 atom stereocenters. The van der Waals surface area contributed by atoms with Crippen molar-refractivity contribution in [3.8, 4) is 0 Å². The molecule has 0 saturated carbocycles. The van der Waals surface area contributed by atoms with Gasteiger partial charge in [-0.15, -0.1) is 0 Å². The van der Waals surface area contributed by atoms with E-state index in [9.17, 15) is 5.11 Å². The van der Waals surface area contributed by atoms with Crippen LogP contribution in [-0.4, -0.2) is 16.6 Å². The van der Waals surface area contributed by atoms with Crippen LogP contribution >= 0.6 is 11.8 Å². The number of aliphatic hydroxyl groups excluding tert-OH is 1. The van der Waals surface area contributed by atoms with Gasteiger partial charge in [0.05, 0.1) is 6.26 Å². The monoisotopic (exact) mass is 186 g/mol. The minimum atomic E-state index is -0.448. The predicted molar refractivity (Wildman–Crippen MR) is 51.3 cm³/mol. The van der Waals surface area contributed by atoms with Gasteiger partial charge in [0.1, 0.15) is 11.9 Å². The molecule has 0 aliphatic carbocycles. The number of hydrogen-bond donors (Lipinski definition) is 1. The third kappa shape index (κ3) is 2.91. The van der Waals surface area contributed by atoms with Crippen molar-refractivity contribution >= 4 is 11.8 Å². The standard InChI is InChI=1S/C9H14O2S/c1-2-6-12-7-8(10)9-4-3-5-11-9/h3-5,8,10H,2,6-7H2,1H3. The Bertz CT molecular complexity index is 196. The lowest BCUT2D eigenvalue weighted by molar-refractivity contribution is 0.174. The molecule has 3 heteroatoms. The van der Waals surface area contributed by atoms with E-state index in [1.807, 2.05) is 0 Å². The van der Waals surface area contributed by atoms with Crippen molar-refractivity contribution in [1.29, 1.82) is 0 Å². The zero-order valence-electron chi connectivity index (χ0n) is 7.19. The Morgan fingerprint density at radius 2 is 2.50 bits per heavy atom. The van der Waals surface area contributed by atoms with Crippen LogP contribution in [-0.2, 0) is 0 Å². The second kappa shape index (κ2) is 5.27. The molecule has 1 N–H and O–H groups in total. The van der Waals surface area contributed by atoms with E-state index in [0.29, 0.717) is 5.76 Å². The summed E-state index contributed by atoms with van der Waals surface area (Å²) in [7, 11) is 0. The number of thioether (sulfide) groups is 1. The van der Waals surface area contributed by atoms with Gasteiger partial charge < -0.3 is 9.52 Å². The fraction of sp³-hybridized carbons (Fsp3) is 0.556. The number of rotatable bonds is 5. The first-order valence-electron chi connectivity index (χ1n) is 4.13. The Morgan fingerprint density at radius 1 is 1.67 bits per heavy atom. The second-order valence-corrected chi connectivity index (χ2v) is 3.76. The summed E-state index contributed by atoms with van der Waals surface area (Å²) in [6.07, 6.45) is 2.29. The van der Waals surface area contributed by atoms with Gasteiger partial charge in [-0.1, -0.05) is 6.92 Å². The van der Waals surface area contributed by atoms with Crippen molar-refractivity contribution in [3.05, 3.63) is 24.2 Å². The quantitative estimate of drug-likeness (QED) is 0.717. The third-order valence-corrected chi connectivity index (χ3v) is 2.74. The molecular formula is C9H14O2S. The zero-order valence-corrected chi connectivity index (χ0v) is 8.01. The van der Waals surface area contributed by atoms with Crippen molar-refractivity contribution in [2.45, 2.75) is 19.4 Å². The maximum atomic E-state index is 9.52. The Kier molecular flexibility index (Phi) is 4.25. The summed E-state index contributed by atoms with van der Waals surface area (Å²) in [5, 5.41) is 9.52. The topological polar surface area (TPSA) is 33.4 Å². The van der Waals surface area contributed by atoms with Crippen molar-refractivity contribution in [1.82, 2.24) is 0 Å². The maximum Gasteiger partial charge on any atom is 0.133 e. The first-order chi connectivity index (χ1) is 5.84. The molecule has 0 amide bonds. The van der Waals surface area contributed by atoms with Crippen LogP contribution in [0, 0.1) is 0 Å². The molecule has 1 rings (SSSR count). The molecule has 1 unspecified atom stereocenters. The van der Waals surface area contributed by atoms with Crippen LogP contribution < -0.4 is 0 Å². The molecule has 0 radical (unpaired) electrons. The molecule has 0 bridgehead atoms. The third-order valence-electron chi connectivity index (χ3n) is 1.50. The fourth-order valence-electron chi connectivity index (χ4n) is 0.902. The molecule has 1 aromatic rings. The molecule has 68 valence electrons. The van der Waals surface area contributed by atoms with Gasteiger partial charge in [0.15, 0.2) is 0 Å². The molecule has 0 aliphatic rings. The average molecular weight is 186 g/mol. The highest BCUT2D eigenvalue weighted by Crippen LogP contribution is 2.18. The van der Waals surface area contributed by atoms with Gasteiger partial charge in [-0.3, -0.25) is 0 Å². The van der Waals surface area contributed by atoms with Crippen LogP contribution in [0.5, 0.6) is 0 Å². The van der Waals surface area contributed by atoms with Crippen molar-refractivity contribution in [2.75, 3.05) is 11.5 Å². The molecule has 0 fully saturated rings. The van der Waals surface area contributed by atoms with Crippen LogP contribution in [0.2, 0.25) is 0 Å². The summed E-state index contributed by atoms with van der Waals surface area (Å²) in [6.45, 7) is 2.13. The van der Waals surface area contributed by atoms with E-state index in [1.54, 1.807) is 30.2 Å². The Morgan fingerprint density at radius 3 is 3.08 bits per heavy atom. The van der Waals surface area contributed by atoms with Crippen molar-refractivity contribution < 1.29 is 9.52 Å². The average Bonchev–Trinajstić information content (AvgIpc) is 2.56. The second-order valence-electron chi connectivity index (χ2n) is 2.61. The van der Waals surface area contributed by atoms with Crippen LogP contribution in [0.4, 0.5) is 0 Å². The first-order valence-corrected chi connectivity index (χ1v) is 5.29. The van der Waals surface area contributed by atoms with Gasteiger partial charge in [-0.25, -0.2) is 0 Å². The lowest BCUT2D eigenvalue weighted by atomic mass is 10.3. The Balaban J connectivity index is 2.25. The van der Waals surface area contributed by atoms with E-state index in [1.165, 1.54) is 0 Å². The summed E-state index contributed by atoms with van der Waals surface area (Å²) in [5.74, 6) is 2.48. The molecule has 2 nitrogen and oxygen atoms in total. The lowest BCUT2D eigenvalue weighted by Crippen LogP contribution is -1.99. The largest absolute Gasteiger partial charge is 0.467 e. The van der Waals surface area contributed by atoms with Gasteiger partial charge in [-0.2, -0.15) is 11.8 Å². The molecule has 0 saturated heterocycles. The SMILES string of the molecule is CCCSCC(O)c1ccco1. The highest BCUT2D eigenvalue weighted by molar-refractivity contribution is 7.99. The molecule has 0 aromatic carbocycles. The summed E-state index contributed by atoms with van der Waals surface area (Å²) in [4.78, 5) is 0. The van der Waals surface area contributed by atoms with E-state index in [4.69, 9.17) is 4.42 Å². The van der Waals surface area contributed by atoms with Crippen molar-refractivity contribution in [2.24, 2.45) is 0 Å². The van der Waals surface area contributed by atoms with E-state index in [-0.39, 0.29) is 0 Å². The Labute approximate surface area is 77.0 Å². The van der Waals surface area contributed by atoms with Gasteiger partial charge in [0.2, 0.25) is 0 Å². The highest BCUT2D eigenvalue weighted by atomic mass is 32.2. The molecule has 0 aliphatic heterocycles. The first kappa shape index (κ1) is 9.68. The van der Waals surface area contributed by atoms with Crippen LogP contribution in [0.15, 0.2) is 22.8 Å². The minimum Gasteiger partial charge on any atom is -0.467 e. The summed E-state index contributed by atoms with van der Waals surface area (Å²) >= 11 is 1.75. The number of furan rings is 1. The van der Waals surface area contributed by atoms with Crippen LogP contribution in [0.3, 0.4) is 0 Å². The molecular weight excluding hydrogens is 172 g/mol. The lowest BCUT2D eigenvalue weighted by Gasteiger charge is -2.05. The Hall–Kier alpha value is -0.410. The fourth-order valence-corrected chi connectivity index (χ4v) is 1.75. The predicted octanol–water partition coefficient (Wildman–Crippen LogP) is 2.46. The van der Waals surface area contributed by atoms with Gasteiger partial charge in [0, 0.05) is 5.75 Å². The molecule has 0 spiro atoms. The molecule has 12 heavy (non-hydrogen) atoms. The van der Waals surface area contributed by atoms with Crippen molar-refractivity contribution in [3.63, 3.8) is 0 Å². The van der Waals surface area contributed by atoms with Gasteiger partial charge in [-0.05, 0) is 24.3 Å². The summed E-state index contributed by atoms with van der Waals surface area (Å²) < 4.78 is 5.06. The van der Waals surface area contributed by atoms with E-state index < -0.39 is 6.10 Å². The summed E-state index contributed by atoms with van der Waals surface area (Å²) in [5.41, 5.74) is 0. The number of aliphatic hydroxyl groups is 1.